The third-order valence-electron chi connectivity index (χ3n) is 5.27. The molecule has 0 aromatic heterocycles. The summed E-state index contributed by atoms with van der Waals surface area (Å²) >= 11 is 0. The highest BCUT2D eigenvalue weighted by molar-refractivity contribution is 7.80. The lowest BCUT2D eigenvalue weighted by atomic mass is 10.1. The van der Waals surface area contributed by atoms with Gasteiger partial charge in [0.2, 0.25) is 0 Å². The average molecular weight is 431 g/mol. The van der Waals surface area contributed by atoms with Gasteiger partial charge >= 0.3 is 10.4 Å². The molecule has 0 bridgehead atoms. The molecule has 0 fully saturated rings. The van der Waals surface area contributed by atoms with E-state index in [9.17, 15) is 18.6 Å². The van der Waals surface area contributed by atoms with Crippen LogP contribution in [0.5, 0.6) is 0 Å². The second-order valence-electron chi connectivity index (χ2n) is 7.89. The fourth-order valence-corrected chi connectivity index (χ4v) is 3.57. The van der Waals surface area contributed by atoms with E-state index in [0.717, 1.165) is 56.3 Å². The van der Waals surface area contributed by atoms with Gasteiger partial charge in [0.15, 0.2) is 0 Å². The quantitative estimate of drug-likeness (QED) is 0.153. The number of hydrogen-bond donors (Lipinski definition) is 3. The summed E-state index contributed by atoms with van der Waals surface area (Å²) < 4.78 is 41.2. The lowest BCUT2D eigenvalue weighted by Crippen LogP contribution is -2.49. The fourth-order valence-electron chi connectivity index (χ4n) is 3.29. The Balaban J connectivity index is 4.19. The van der Waals surface area contributed by atoms with Gasteiger partial charge in [-0.2, -0.15) is 8.42 Å². The first-order valence-electron chi connectivity index (χ1n) is 10.2. The molecule has 0 saturated heterocycles. The zero-order valence-electron chi connectivity index (χ0n) is 17.9. The Morgan fingerprint density at radius 2 is 1.21 bits per heavy atom. The molecule has 3 N–H and O–H groups in total. The molecule has 0 radical (unpaired) electrons. The van der Waals surface area contributed by atoms with E-state index in [-0.39, 0.29) is 19.8 Å². The molecule has 0 aliphatic carbocycles. The summed E-state index contributed by atoms with van der Waals surface area (Å²) in [7, 11) is -0.319. The minimum absolute atomic E-state index is 0.0131. The molecule has 0 spiro atoms. The van der Waals surface area contributed by atoms with Crippen molar-refractivity contribution in [2.45, 2.75) is 32.6 Å². The van der Waals surface area contributed by atoms with Crippen molar-refractivity contribution in [1.82, 2.24) is 0 Å². The highest BCUT2D eigenvalue weighted by atomic mass is 32.3. The van der Waals surface area contributed by atoms with Crippen molar-refractivity contribution >= 4 is 10.4 Å². The Morgan fingerprint density at radius 3 is 1.61 bits per heavy atom. The lowest BCUT2D eigenvalue weighted by Gasteiger charge is -2.34. The molecule has 0 aromatic carbocycles. The van der Waals surface area contributed by atoms with Gasteiger partial charge in [0.1, 0.15) is 32.8 Å². The summed E-state index contributed by atoms with van der Waals surface area (Å²) in [4.78, 5) is 0. The van der Waals surface area contributed by atoms with Crippen molar-refractivity contribution in [3.8, 4) is 0 Å². The van der Waals surface area contributed by atoms with Crippen LogP contribution in [0.1, 0.15) is 32.6 Å². The molecule has 0 heterocycles. The Bertz CT molecular complexity index is 492. The molecular formula is C18H42N2O7S+2. The summed E-state index contributed by atoms with van der Waals surface area (Å²) in [5, 5.41) is 18.6. The van der Waals surface area contributed by atoms with E-state index in [1.54, 1.807) is 0 Å². The highest BCUT2D eigenvalue weighted by Gasteiger charge is 2.22. The van der Waals surface area contributed by atoms with E-state index in [1.807, 2.05) is 14.0 Å². The van der Waals surface area contributed by atoms with Crippen LogP contribution in [0.3, 0.4) is 0 Å². The van der Waals surface area contributed by atoms with Gasteiger partial charge in [0, 0.05) is 6.61 Å². The molecule has 10 heteroatoms. The first-order chi connectivity index (χ1) is 13.1. The van der Waals surface area contributed by atoms with E-state index in [4.69, 9.17) is 9.29 Å². The predicted molar refractivity (Wildman–Crippen MR) is 108 cm³/mol. The highest BCUT2D eigenvalue weighted by Crippen LogP contribution is 2.11. The number of quaternary nitrogens is 2. The number of rotatable bonds is 19. The Hall–Kier alpha value is -0.330. The van der Waals surface area contributed by atoms with E-state index >= 15 is 0 Å². The largest absolute Gasteiger partial charge is 0.397 e. The molecule has 0 saturated carbocycles. The first kappa shape index (κ1) is 27.7. The van der Waals surface area contributed by atoms with E-state index in [2.05, 4.69) is 11.2 Å². The third kappa shape index (κ3) is 14.6. The second-order valence-corrected chi connectivity index (χ2v) is 8.98. The van der Waals surface area contributed by atoms with Gasteiger partial charge < -0.3 is 23.9 Å². The molecule has 2 unspecified atom stereocenters. The first-order valence-corrected chi connectivity index (χ1v) is 11.5. The Morgan fingerprint density at radius 1 is 0.750 bits per heavy atom. The van der Waals surface area contributed by atoms with Crippen molar-refractivity contribution in [3.05, 3.63) is 0 Å². The second kappa shape index (κ2) is 14.6. The van der Waals surface area contributed by atoms with E-state index < -0.39 is 10.4 Å². The summed E-state index contributed by atoms with van der Waals surface area (Å²) in [6, 6.07) is 0. The molecule has 0 aliphatic heterocycles. The number of unbranched alkanes of at least 4 members (excludes halogenated alkanes) is 3. The molecule has 28 heavy (non-hydrogen) atoms. The molecule has 0 amide bonds. The van der Waals surface area contributed by atoms with E-state index in [0.29, 0.717) is 30.8 Å². The maximum absolute atomic E-state index is 10.7. The number of likely N-dealkylation sites (N-methyl/N-ethyl adjacent to an activating group) is 2. The molecule has 170 valence electrons. The van der Waals surface area contributed by atoms with Crippen LogP contribution in [0, 0.1) is 0 Å². The monoisotopic (exact) mass is 430 g/mol. The standard InChI is InChI=1S/C18H41N2O7S/c1-4-26-17-13-19(2,11-15-21)9-7-5-6-8-10-20(3,12-16-22)14-18-27-28(23,24)25/h21-22H,4-18H2,1-3H3/q+1/p+1. The van der Waals surface area contributed by atoms with Gasteiger partial charge in [-0.1, -0.05) is 0 Å². The van der Waals surface area contributed by atoms with Crippen molar-refractivity contribution < 1.29 is 41.1 Å². The van der Waals surface area contributed by atoms with E-state index in [1.165, 1.54) is 0 Å². The minimum Gasteiger partial charge on any atom is -0.391 e. The predicted octanol–water partition coefficient (Wildman–Crippen LogP) is 0.281. The van der Waals surface area contributed by atoms with Crippen LogP contribution in [-0.4, -0.2) is 119 Å². The van der Waals surface area contributed by atoms with Gasteiger partial charge in [0.05, 0.1) is 47.0 Å². The summed E-state index contributed by atoms with van der Waals surface area (Å²) in [5.41, 5.74) is 0. The maximum Gasteiger partial charge on any atom is 0.397 e. The van der Waals surface area contributed by atoms with Crippen molar-refractivity contribution in [2.24, 2.45) is 0 Å². The van der Waals surface area contributed by atoms with Crippen LogP contribution in [-0.2, 0) is 19.3 Å². The Labute approximate surface area is 171 Å². The number of ether oxygens (including phenoxy) is 1. The lowest BCUT2D eigenvalue weighted by molar-refractivity contribution is -0.910. The van der Waals surface area contributed by atoms with Gasteiger partial charge in [-0.3, -0.25) is 4.55 Å². The number of hydrogen-bond acceptors (Lipinski definition) is 6. The minimum atomic E-state index is -4.42. The summed E-state index contributed by atoms with van der Waals surface area (Å²) in [5.74, 6) is 0. The smallest absolute Gasteiger partial charge is 0.391 e. The van der Waals surface area contributed by atoms with Crippen LogP contribution < -0.4 is 0 Å². The van der Waals surface area contributed by atoms with Gasteiger partial charge in [-0.05, 0) is 32.6 Å². The summed E-state index contributed by atoms with van der Waals surface area (Å²) in [6.45, 7) is 7.82. The molecule has 9 nitrogen and oxygen atoms in total. The SMILES string of the molecule is CCOCC[N+](C)(CCO)CCCCCC[N+](C)(CCO)CCOS(=O)(=O)O. The molecule has 2 atom stereocenters. The van der Waals surface area contributed by atoms with Gasteiger partial charge in [0.25, 0.3) is 0 Å². The number of aliphatic hydroxyl groups excluding tert-OH is 2. The van der Waals surface area contributed by atoms with Gasteiger partial charge in [-0.15, -0.1) is 0 Å². The van der Waals surface area contributed by atoms with Crippen molar-refractivity contribution in [1.29, 1.82) is 0 Å². The molecule has 0 aromatic rings. The molecular weight excluding hydrogens is 388 g/mol. The zero-order chi connectivity index (χ0) is 21.5. The maximum atomic E-state index is 10.7. The average Bonchev–Trinajstić information content (AvgIpc) is 2.57. The van der Waals surface area contributed by atoms with Gasteiger partial charge in [-0.25, -0.2) is 4.18 Å². The van der Waals surface area contributed by atoms with Crippen molar-refractivity contribution in [3.63, 3.8) is 0 Å². The van der Waals surface area contributed by atoms with Crippen LogP contribution in [0.2, 0.25) is 0 Å². The number of aliphatic hydroxyl groups is 2. The zero-order valence-corrected chi connectivity index (χ0v) is 18.7. The third-order valence-corrected chi connectivity index (χ3v) is 5.73. The van der Waals surface area contributed by atoms with Crippen LogP contribution >= 0.6 is 0 Å². The normalized spacial score (nSPS) is 16.6. The van der Waals surface area contributed by atoms with Crippen LogP contribution in [0.4, 0.5) is 0 Å². The van der Waals surface area contributed by atoms with Crippen LogP contribution in [0.25, 0.3) is 0 Å². The summed E-state index contributed by atoms with van der Waals surface area (Å²) in [6.07, 6.45) is 4.15. The fraction of sp³-hybridized carbons (Fsp3) is 1.00. The molecule has 0 aliphatic rings. The Kier molecular flexibility index (Phi) is 14.4. The number of nitrogens with zero attached hydrogens (tertiary/aromatic N) is 2. The molecule has 0 rings (SSSR count). The topological polar surface area (TPSA) is 113 Å². The van der Waals surface area contributed by atoms with Crippen LogP contribution in [0.15, 0.2) is 0 Å². The van der Waals surface area contributed by atoms with Crippen molar-refractivity contribution in [2.75, 3.05) is 86.4 Å².